The molecule has 1 fully saturated rings. The van der Waals surface area contributed by atoms with Crippen LogP contribution in [-0.2, 0) is 0 Å². The van der Waals surface area contributed by atoms with Crippen LogP contribution in [0.5, 0.6) is 0 Å². The van der Waals surface area contributed by atoms with Crippen LogP contribution in [0.25, 0.3) is 11.3 Å². The zero-order valence-corrected chi connectivity index (χ0v) is 15.3. The number of aromatic nitrogens is 3. The van der Waals surface area contributed by atoms with Gasteiger partial charge in [0.15, 0.2) is 0 Å². The van der Waals surface area contributed by atoms with Crippen molar-refractivity contribution in [2.45, 2.75) is 19.9 Å². The van der Waals surface area contributed by atoms with Crippen LogP contribution in [0, 0.1) is 6.92 Å². The second-order valence-corrected chi connectivity index (χ2v) is 6.81. The lowest BCUT2D eigenvalue weighted by molar-refractivity contribution is 0.324. The molecule has 1 saturated heterocycles. The molecule has 0 bridgehead atoms. The van der Waals surface area contributed by atoms with Gasteiger partial charge in [-0.15, -0.1) is 5.10 Å². The molecular weight excluding hydrogens is 324 g/mol. The van der Waals surface area contributed by atoms with Gasteiger partial charge in [-0.25, -0.2) is 4.98 Å². The zero-order chi connectivity index (χ0) is 17.9. The van der Waals surface area contributed by atoms with Crippen LogP contribution < -0.4 is 10.2 Å². The van der Waals surface area contributed by atoms with E-state index in [0.29, 0.717) is 12.0 Å². The van der Waals surface area contributed by atoms with E-state index in [-0.39, 0.29) is 0 Å². The van der Waals surface area contributed by atoms with Crippen molar-refractivity contribution in [1.82, 2.24) is 25.4 Å². The van der Waals surface area contributed by atoms with E-state index < -0.39 is 0 Å². The summed E-state index contributed by atoms with van der Waals surface area (Å²) in [5.41, 5.74) is 4.49. The Morgan fingerprint density at radius 1 is 1.08 bits per heavy atom. The third kappa shape index (κ3) is 3.40. The van der Waals surface area contributed by atoms with E-state index in [2.05, 4.69) is 63.4 Å². The second kappa shape index (κ2) is 7.15. The highest BCUT2D eigenvalue weighted by atomic mass is 15.4. The van der Waals surface area contributed by atoms with Crippen LogP contribution in [0.3, 0.4) is 0 Å². The van der Waals surface area contributed by atoms with E-state index in [1.54, 1.807) is 6.20 Å². The lowest BCUT2D eigenvalue weighted by Crippen LogP contribution is -2.47. The smallest absolute Gasteiger partial charge is 0.246 e. The molecule has 1 aromatic carbocycles. The van der Waals surface area contributed by atoms with Crippen LogP contribution in [0.2, 0.25) is 0 Å². The first-order chi connectivity index (χ1) is 12.7. The molecule has 2 aromatic rings. The third-order valence-electron chi connectivity index (χ3n) is 4.93. The highest BCUT2D eigenvalue weighted by molar-refractivity contribution is 5.63. The van der Waals surface area contributed by atoms with E-state index in [1.807, 2.05) is 18.3 Å². The summed E-state index contributed by atoms with van der Waals surface area (Å²) in [5.74, 6) is 0.716. The van der Waals surface area contributed by atoms with E-state index in [4.69, 9.17) is 4.98 Å². The minimum absolute atomic E-state index is 0.381. The van der Waals surface area contributed by atoms with Gasteiger partial charge in [0.05, 0.1) is 11.9 Å². The number of dihydropyridines is 1. The number of hydrogen-bond donors (Lipinski definition) is 1. The maximum Gasteiger partial charge on any atom is 0.246 e. The molecule has 1 unspecified atom stereocenters. The predicted octanol–water partition coefficient (Wildman–Crippen LogP) is 2.36. The molecule has 6 heteroatoms. The molecule has 1 N–H and O–H groups in total. The molecule has 0 aliphatic carbocycles. The number of benzene rings is 1. The zero-order valence-electron chi connectivity index (χ0n) is 15.3. The van der Waals surface area contributed by atoms with Crippen LogP contribution in [-0.4, -0.2) is 52.3 Å². The van der Waals surface area contributed by atoms with Crippen molar-refractivity contribution < 1.29 is 0 Å². The van der Waals surface area contributed by atoms with Gasteiger partial charge < -0.3 is 15.1 Å². The summed E-state index contributed by atoms with van der Waals surface area (Å²) >= 11 is 0. The fourth-order valence-electron chi connectivity index (χ4n) is 3.44. The molecule has 1 atom stereocenters. The molecule has 0 spiro atoms. The fourth-order valence-corrected chi connectivity index (χ4v) is 3.44. The number of hydrogen-bond acceptors (Lipinski definition) is 6. The number of allylic oxidation sites excluding steroid dienone is 1. The predicted molar refractivity (Wildman–Crippen MR) is 104 cm³/mol. The van der Waals surface area contributed by atoms with E-state index >= 15 is 0 Å². The van der Waals surface area contributed by atoms with Gasteiger partial charge in [-0.1, -0.05) is 24.3 Å². The maximum absolute atomic E-state index is 4.77. The van der Waals surface area contributed by atoms with Crippen LogP contribution in [0.1, 0.15) is 12.5 Å². The molecule has 0 saturated carbocycles. The van der Waals surface area contributed by atoms with Crippen molar-refractivity contribution in [3.05, 3.63) is 60.1 Å². The van der Waals surface area contributed by atoms with Gasteiger partial charge in [0.25, 0.3) is 0 Å². The van der Waals surface area contributed by atoms with E-state index in [1.165, 1.54) is 11.3 Å². The van der Waals surface area contributed by atoms with Gasteiger partial charge in [0, 0.05) is 43.5 Å². The summed E-state index contributed by atoms with van der Waals surface area (Å²) < 4.78 is 0. The minimum atomic E-state index is 0.381. The topological polar surface area (TPSA) is 57.2 Å². The molecule has 4 rings (SSSR count). The lowest BCUT2D eigenvalue weighted by Gasteiger charge is -2.37. The van der Waals surface area contributed by atoms with Gasteiger partial charge in [-0.3, -0.25) is 0 Å². The fraction of sp³-hybridized carbons (Fsp3) is 0.350. The molecule has 26 heavy (non-hydrogen) atoms. The van der Waals surface area contributed by atoms with Crippen molar-refractivity contribution in [3.63, 3.8) is 0 Å². The van der Waals surface area contributed by atoms with Crippen molar-refractivity contribution in [1.29, 1.82) is 0 Å². The average molecular weight is 348 g/mol. The number of nitrogens with zero attached hydrogens (tertiary/aromatic N) is 5. The molecule has 2 aliphatic rings. The molecule has 134 valence electrons. The third-order valence-corrected chi connectivity index (χ3v) is 4.93. The Hall–Kier alpha value is -2.89. The van der Waals surface area contributed by atoms with Crippen LogP contribution in [0.4, 0.5) is 5.95 Å². The summed E-state index contributed by atoms with van der Waals surface area (Å²) in [6.07, 6.45) is 8.19. The normalized spacial score (nSPS) is 19.9. The number of anilines is 1. The SMILES string of the molecule is Cc1ccccc1-c1cnnc(N2CCN(C3=CC(C)NC=C3)CC2)n1. The average Bonchev–Trinajstić information content (AvgIpc) is 2.69. The van der Waals surface area contributed by atoms with Crippen molar-refractivity contribution in [2.75, 3.05) is 31.1 Å². The minimum Gasteiger partial charge on any atom is -0.385 e. The Bertz CT molecular complexity index is 836. The molecule has 1 aromatic heterocycles. The summed E-state index contributed by atoms with van der Waals surface area (Å²) in [6, 6.07) is 8.63. The Morgan fingerprint density at radius 2 is 1.85 bits per heavy atom. The monoisotopic (exact) mass is 348 g/mol. The van der Waals surface area contributed by atoms with Gasteiger partial charge >= 0.3 is 0 Å². The number of nitrogens with one attached hydrogen (secondary N) is 1. The molecule has 0 radical (unpaired) electrons. The summed E-state index contributed by atoms with van der Waals surface area (Å²) in [5, 5.41) is 11.8. The van der Waals surface area contributed by atoms with E-state index in [9.17, 15) is 0 Å². The van der Waals surface area contributed by atoms with Gasteiger partial charge in [-0.2, -0.15) is 5.10 Å². The van der Waals surface area contributed by atoms with Gasteiger partial charge in [0.2, 0.25) is 5.95 Å². The highest BCUT2D eigenvalue weighted by Crippen LogP contribution is 2.22. The molecule has 2 aliphatic heterocycles. The highest BCUT2D eigenvalue weighted by Gasteiger charge is 2.21. The van der Waals surface area contributed by atoms with Crippen LogP contribution >= 0.6 is 0 Å². The second-order valence-electron chi connectivity index (χ2n) is 6.81. The largest absolute Gasteiger partial charge is 0.385 e. The lowest BCUT2D eigenvalue weighted by atomic mass is 10.1. The summed E-state index contributed by atoms with van der Waals surface area (Å²) in [6.45, 7) is 7.97. The van der Waals surface area contributed by atoms with Crippen molar-refractivity contribution in [3.8, 4) is 11.3 Å². The maximum atomic E-state index is 4.77. The first kappa shape index (κ1) is 16.6. The van der Waals surface area contributed by atoms with Gasteiger partial charge in [-0.05, 0) is 37.8 Å². The Kier molecular flexibility index (Phi) is 4.56. The Morgan fingerprint density at radius 3 is 2.62 bits per heavy atom. The first-order valence-corrected chi connectivity index (χ1v) is 9.11. The number of rotatable bonds is 3. The summed E-state index contributed by atoms with van der Waals surface area (Å²) in [4.78, 5) is 9.41. The van der Waals surface area contributed by atoms with Crippen molar-refractivity contribution >= 4 is 5.95 Å². The number of aryl methyl sites for hydroxylation is 1. The molecule has 3 heterocycles. The van der Waals surface area contributed by atoms with Crippen molar-refractivity contribution in [2.24, 2.45) is 0 Å². The first-order valence-electron chi connectivity index (χ1n) is 9.11. The Labute approximate surface area is 154 Å². The molecule has 0 amide bonds. The molecule has 6 nitrogen and oxygen atoms in total. The summed E-state index contributed by atoms with van der Waals surface area (Å²) in [7, 11) is 0. The van der Waals surface area contributed by atoms with E-state index in [0.717, 1.165) is 37.4 Å². The Balaban J connectivity index is 1.48. The van der Waals surface area contributed by atoms with Gasteiger partial charge in [0.1, 0.15) is 0 Å². The number of piperazine rings is 1. The molecular formula is C20H24N6. The quantitative estimate of drug-likeness (QED) is 0.919. The standard InChI is InChI=1S/C20H24N6/c1-15-5-3-4-6-18(15)19-14-22-24-20(23-19)26-11-9-25(10-12-26)17-7-8-21-16(2)13-17/h3-8,13-14,16,21H,9-12H2,1-2H3. The van der Waals surface area contributed by atoms with Crippen LogP contribution in [0.15, 0.2) is 54.5 Å².